The minimum Gasteiger partial charge on any atom is -0.497 e. The SMILES string of the molecule is COc1ccc(C2C(=O)c3ccccc3NC23CCN(Cc2cccc(OC(F)(F)F)c2)CC3)cc1. The van der Waals surface area contributed by atoms with Gasteiger partial charge in [-0.3, -0.25) is 9.69 Å². The van der Waals surface area contributed by atoms with E-state index >= 15 is 0 Å². The number of methoxy groups -OCH3 is 1. The number of fused-ring (bicyclic) bond motifs is 1. The predicted octanol–water partition coefficient (Wildman–Crippen LogP) is 6.02. The summed E-state index contributed by atoms with van der Waals surface area (Å²) in [5.41, 5.74) is 2.76. The number of Topliss-reactive ketones (excluding diaryl/α,β-unsaturated/α-hetero) is 1. The maximum Gasteiger partial charge on any atom is 0.573 e. The fourth-order valence-electron chi connectivity index (χ4n) is 5.44. The van der Waals surface area contributed by atoms with Gasteiger partial charge in [-0.05, 0) is 60.4 Å². The van der Waals surface area contributed by atoms with E-state index in [2.05, 4.69) is 15.0 Å². The van der Waals surface area contributed by atoms with Crippen molar-refractivity contribution < 1.29 is 27.4 Å². The van der Waals surface area contributed by atoms with Crippen LogP contribution in [0.5, 0.6) is 11.5 Å². The van der Waals surface area contributed by atoms with Gasteiger partial charge >= 0.3 is 6.36 Å². The van der Waals surface area contributed by atoms with Crippen LogP contribution in [0.15, 0.2) is 72.8 Å². The number of benzene rings is 3. The van der Waals surface area contributed by atoms with Crippen LogP contribution in [-0.2, 0) is 6.54 Å². The number of hydrogen-bond acceptors (Lipinski definition) is 5. The Bertz CT molecular complexity index is 1240. The molecule has 36 heavy (non-hydrogen) atoms. The maximum atomic E-state index is 13.8. The molecule has 5 rings (SSSR count). The van der Waals surface area contributed by atoms with Crippen LogP contribution in [0.4, 0.5) is 18.9 Å². The number of alkyl halides is 3. The second-order valence-electron chi connectivity index (χ2n) is 9.37. The maximum absolute atomic E-state index is 13.8. The van der Waals surface area contributed by atoms with E-state index in [-0.39, 0.29) is 17.5 Å². The lowest BCUT2D eigenvalue weighted by Gasteiger charge is -2.50. The number of nitrogens with zero attached hydrogens (tertiary/aromatic N) is 1. The lowest BCUT2D eigenvalue weighted by atomic mass is 9.67. The van der Waals surface area contributed by atoms with Crippen molar-refractivity contribution in [2.24, 2.45) is 0 Å². The average molecular weight is 497 g/mol. The van der Waals surface area contributed by atoms with Gasteiger partial charge in [-0.25, -0.2) is 0 Å². The number of rotatable bonds is 5. The van der Waals surface area contributed by atoms with Crippen LogP contribution >= 0.6 is 0 Å². The first-order valence-electron chi connectivity index (χ1n) is 11.9. The number of hydrogen-bond donors (Lipinski definition) is 1. The van der Waals surface area contributed by atoms with Crippen LogP contribution in [0.2, 0.25) is 0 Å². The fourth-order valence-corrected chi connectivity index (χ4v) is 5.44. The summed E-state index contributed by atoms with van der Waals surface area (Å²) >= 11 is 0. The minimum absolute atomic E-state index is 0.0972. The van der Waals surface area contributed by atoms with E-state index in [1.807, 2.05) is 48.5 Å². The van der Waals surface area contributed by atoms with Crippen molar-refractivity contribution >= 4 is 11.5 Å². The Morgan fingerprint density at radius 1 is 0.972 bits per heavy atom. The second-order valence-corrected chi connectivity index (χ2v) is 9.37. The number of carbonyl (C=O) groups excluding carboxylic acids is 1. The Morgan fingerprint density at radius 2 is 1.69 bits per heavy atom. The molecule has 3 aromatic carbocycles. The monoisotopic (exact) mass is 496 g/mol. The van der Waals surface area contributed by atoms with E-state index < -0.39 is 11.9 Å². The molecule has 8 heteroatoms. The molecular formula is C28H27F3N2O3. The first-order valence-corrected chi connectivity index (χ1v) is 11.9. The van der Waals surface area contributed by atoms with Gasteiger partial charge in [0.2, 0.25) is 0 Å². The number of carbonyl (C=O) groups is 1. The number of nitrogens with one attached hydrogen (secondary N) is 1. The summed E-state index contributed by atoms with van der Waals surface area (Å²) in [6.07, 6.45) is -3.30. The molecule has 2 aliphatic rings. The quantitative estimate of drug-likeness (QED) is 0.468. The molecule has 1 spiro atoms. The third-order valence-electron chi connectivity index (χ3n) is 7.13. The number of anilines is 1. The molecule has 2 aliphatic heterocycles. The smallest absolute Gasteiger partial charge is 0.497 e. The summed E-state index contributed by atoms with van der Waals surface area (Å²) in [6, 6.07) is 21.4. The molecule has 0 saturated carbocycles. The molecule has 0 bridgehead atoms. The first-order chi connectivity index (χ1) is 17.3. The summed E-state index contributed by atoms with van der Waals surface area (Å²) < 4.78 is 47.2. The summed E-state index contributed by atoms with van der Waals surface area (Å²) in [5, 5.41) is 3.72. The van der Waals surface area contributed by atoms with Gasteiger partial charge in [0.05, 0.1) is 18.6 Å². The predicted molar refractivity (Wildman–Crippen MR) is 130 cm³/mol. The topological polar surface area (TPSA) is 50.8 Å². The summed E-state index contributed by atoms with van der Waals surface area (Å²) in [4.78, 5) is 16.0. The number of ketones is 1. The lowest BCUT2D eigenvalue weighted by molar-refractivity contribution is -0.274. The molecule has 0 aromatic heterocycles. The van der Waals surface area contributed by atoms with Gasteiger partial charge in [-0.15, -0.1) is 13.2 Å². The normalized spacial score (nSPS) is 19.4. The van der Waals surface area contributed by atoms with Crippen molar-refractivity contribution in [2.75, 3.05) is 25.5 Å². The van der Waals surface area contributed by atoms with Crippen molar-refractivity contribution in [1.29, 1.82) is 0 Å². The van der Waals surface area contributed by atoms with Crippen LogP contribution in [0.3, 0.4) is 0 Å². The van der Waals surface area contributed by atoms with Gasteiger partial charge in [-0.2, -0.15) is 0 Å². The van der Waals surface area contributed by atoms with Crippen LogP contribution in [0, 0.1) is 0 Å². The highest BCUT2D eigenvalue weighted by molar-refractivity contribution is 6.08. The van der Waals surface area contributed by atoms with Crippen molar-refractivity contribution in [1.82, 2.24) is 4.90 Å². The lowest BCUT2D eigenvalue weighted by Crippen LogP contribution is -2.56. The van der Waals surface area contributed by atoms with Crippen molar-refractivity contribution in [3.8, 4) is 11.5 Å². The van der Waals surface area contributed by atoms with Gasteiger partial charge in [0.25, 0.3) is 0 Å². The van der Waals surface area contributed by atoms with Gasteiger partial charge in [0.1, 0.15) is 11.5 Å². The molecule has 1 saturated heterocycles. The third-order valence-corrected chi connectivity index (χ3v) is 7.13. The Kier molecular flexibility index (Phi) is 6.38. The van der Waals surface area contributed by atoms with Crippen molar-refractivity contribution in [2.45, 2.75) is 37.2 Å². The standard InChI is InChI=1S/C28H27F3N2O3/c1-35-21-11-9-20(10-12-21)25-26(34)23-7-2-3-8-24(23)32-27(25)13-15-33(16-14-27)18-19-5-4-6-22(17-19)36-28(29,30)31/h2-12,17,25,32H,13-16,18H2,1H3. The molecule has 2 heterocycles. The van der Waals surface area contributed by atoms with Gasteiger partial charge in [0.15, 0.2) is 5.78 Å². The number of piperidine rings is 1. The van der Waals surface area contributed by atoms with E-state index in [1.165, 1.54) is 12.1 Å². The Morgan fingerprint density at radius 3 is 2.39 bits per heavy atom. The third kappa shape index (κ3) is 4.91. The van der Waals surface area contributed by atoms with E-state index in [9.17, 15) is 18.0 Å². The van der Waals surface area contributed by atoms with E-state index in [0.717, 1.165) is 22.6 Å². The average Bonchev–Trinajstić information content (AvgIpc) is 2.85. The molecule has 1 fully saturated rings. The molecule has 0 aliphatic carbocycles. The fraction of sp³-hybridized carbons (Fsp3) is 0.321. The van der Waals surface area contributed by atoms with Crippen molar-refractivity contribution in [3.63, 3.8) is 0 Å². The van der Waals surface area contributed by atoms with E-state index in [1.54, 1.807) is 19.2 Å². The number of likely N-dealkylation sites (tertiary alicyclic amines) is 1. The first kappa shape index (κ1) is 24.2. The molecule has 5 nitrogen and oxygen atoms in total. The number of para-hydroxylation sites is 1. The second kappa shape index (κ2) is 9.50. The van der Waals surface area contributed by atoms with E-state index in [4.69, 9.17) is 4.74 Å². The molecule has 1 atom stereocenters. The molecule has 1 unspecified atom stereocenters. The summed E-state index contributed by atoms with van der Waals surface area (Å²) in [5.74, 6) is 0.254. The highest BCUT2D eigenvalue weighted by atomic mass is 19.4. The van der Waals surface area contributed by atoms with Gasteiger partial charge in [0, 0.05) is 30.9 Å². The number of ether oxygens (including phenoxy) is 2. The highest BCUT2D eigenvalue weighted by Gasteiger charge is 2.49. The number of halogens is 3. The molecule has 0 amide bonds. The molecule has 3 aromatic rings. The molecular weight excluding hydrogens is 469 g/mol. The van der Waals surface area contributed by atoms with E-state index in [0.29, 0.717) is 38.0 Å². The van der Waals surface area contributed by atoms with Crippen LogP contribution in [0.1, 0.15) is 40.2 Å². The van der Waals surface area contributed by atoms with Crippen LogP contribution < -0.4 is 14.8 Å². The Balaban J connectivity index is 1.37. The minimum atomic E-state index is -4.72. The molecule has 188 valence electrons. The zero-order valence-electron chi connectivity index (χ0n) is 19.8. The molecule has 1 N–H and O–H groups in total. The summed E-state index contributed by atoms with van der Waals surface area (Å²) in [6.45, 7) is 1.89. The molecule has 0 radical (unpaired) electrons. The Labute approximate surface area is 207 Å². The zero-order chi connectivity index (χ0) is 25.3. The van der Waals surface area contributed by atoms with Gasteiger partial charge in [-0.1, -0.05) is 36.4 Å². The van der Waals surface area contributed by atoms with Crippen LogP contribution in [0.25, 0.3) is 0 Å². The van der Waals surface area contributed by atoms with Gasteiger partial charge < -0.3 is 14.8 Å². The summed E-state index contributed by atoms with van der Waals surface area (Å²) in [7, 11) is 1.61. The van der Waals surface area contributed by atoms with Crippen LogP contribution in [-0.4, -0.2) is 42.8 Å². The highest BCUT2D eigenvalue weighted by Crippen LogP contribution is 2.46. The zero-order valence-corrected chi connectivity index (χ0v) is 19.8. The Hall–Kier alpha value is -3.52. The van der Waals surface area contributed by atoms with Crippen molar-refractivity contribution in [3.05, 3.63) is 89.5 Å². The largest absolute Gasteiger partial charge is 0.573 e.